The van der Waals surface area contributed by atoms with Crippen LogP contribution in [0.5, 0.6) is 0 Å². The lowest BCUT2D eigenvalue weighted by Crippen LogP contribution is -1.92. The Kier molecular flexibility index (Phi) is 6.19. The number of hydrogen-bond donors (Lipinski definition) is 0. The fourth-order valence-corrected chi connectivity index (χ4v) is 1.32. The summed E-state index contributed by atoms with van der Waals surface area (Å²) in [5.74, 6) is 0.633. The van der Waals surface area contributed by atoms with Crippen LogP contribution in [0, 0.1) is 0 Å². The first-order valence-electron chi connectivity index (χ1n) is 5.74. The maximum Gasteiger partial charge on any atom is 0.185 e. The highest BCUT2D eigenvalue weighted by Gasteiger charge is 1.94. The number of hydrogen-bond acceptors (Lipinski definition) is 3. The summed E-state index contributed by atoms with van der Waals surface area (Å²) < 4.78 is 4.61. The highest BCUT2D eigenvalue weighted by molar-refractivity contribution is 5.75. The minimum Gasteiger partial charge on any atom is -0.462 e. The van der Waals surface area contributed by atoms with Gasteiger partial charge in [0.05, 0.1) is 6.26 Å². The van der Waals surface area contributed by atoms with Crippen LogP contribution in [-0.4, -0.2) is 12.1 Å². The highest BCUT2D eigenvalue weighted by Crippen LogP contribution is 2.01. The van der Waals surface area contributed by atoms with Crippen LogP contribution in [0.25, 0.3) is 0 Å². The number of furan rings is 1. The summed E-state index contributed by atoms with van der Waals surface area (Å²) in [6.07, 6.45) is 3.66. The van der Waals surface area contributed by atoms with Gasteiger partial charge in [0, 0.05) is 6.42 Å². The molecule has 0 atom stereocenters. The fourth-order valence-electron chi connectivity index (χ4n) is 1.32. The molecule has 0 unspecified atom stereocenters. The van der Waals surface area contributed by atoms with Crippen molar-refractivity contribution in [3.63, 3.8) is 0 Å². The summed E-state index contributed by atoms with van der Waals surface area (Å²) in [4.78, 5) is 20.4. The van der Waals surface area contributed by atoms with E-state index in [1.807, 2.05) is 30.3 Å². The van der Waals surface area contributed by atoms with Crippen molar-refractivity contribution in [2.45, 2.75) is 19.8 Å². The van der Waals surface area contributed by atoms with E-state index in [1.165, 1.54) is 11.8 Å². The smallest absolute Gasteiger partial charge is 0.185 e. The molecule has 0 aliphatic carbocycles. The molecule has 1 aromatic heterocycles. The molecule has 0 bridgehead atoms. The van der Waals surface area contributed by atoms with Gasteiger partial charge in [-0.3, -0.25) is 4.79 Å². The Morgan fingerprint density at radius 1 is 1.17 bits per heavy atom. The SMILES string of the molecule is CC(=O)CCc1ccccc1.O=Cc1ccco1. The zero-order valence-electron chi connectivity index (χ0n) is 10.3. The summed E-state index contributed by atoms with van der Waals surface area (Å²) in [6.45, 7) is 1.63. The van der Waals surface area contributed by atoms with E-state index < -0.39 is 0 Å². The molecule has 0 fully saturated rings. The summed E-state index contributed by atoms with van der Waals surface area (Å²) in [5, 5.41) is 0. The number of ketones is 1. The van der Waals surface area contributed by atoms with Crippen molar-refractivity contribution in [1.29, 1.82) is 0 Å². The van der Waals surface area contributed by atoms with E-state index in [2.05, 4.69) is 4.42 Å². The van der Waals surface area contributed by atoms with Crippen molar-refractivity contribution >= 4 is 12.1 Å². The van der Waals surface area contributed by atoms with Gasteiger partial charge in [-0.2, -0.15) is 0 Å². The number of benzene rings is 1. The molecule has 18 heavy (non-hydrogen) atoms. The van der Waals surface area contributed by atoms with Gasteiger partial charge in [-0.05, 0) is 31.0 Å². The van der Waals surface area contributed by atoms with Gasteiger partial charge in [-0.15, -0.1) is 0 Å². The normalized spacial score (nSPS) is 9.17. The van der Waals surface area contributed by atoms with Crippen LogP contribution in [0.4, 0.5) is 0 Å². The maximum atomic E-state index is 10.6. The maximum absolute atomic E-state index is 10.6. The van der Waals surface area contributed by atoms with Crippen LogP contribution < -0.4 is 0 Å². The third-order valence-corrected chi connectivity index (χ3v) is 2.27. The lowest BCUT2D eigenvalue weighted by Gasteiger charge is -1.96. The van der Waals surface area contributed by atoms with Crippen LogP contribution >= 0.6 is 0 Å². The largest absolute Gasteiger partial charge is 0.462 e. The first-order chi connectivity index (χ1) is 8.72. The number of Topliss-reactive ketones (excluding diaryl/α,β-unsaturated/α-hetero) is 1. The van der Waals surface area contributed by atoms with Crippen molar-refractivity contribution in [3.8, 4) is 0 Å². The predicted octanol–water partition coefficient (Wildman–Crippen LogP) is 3.30. The van der Waals surface area contributed by atoms with Crippen molar-refractivity contribution in [3.05, 3.63) is 60.1 Å². The van der Waals surface area contributed by atoms with Crippen LogP contribution in [-0.2, 0) is 11.2 Å². The van der Waals surface area contributed by atoms with Gasteiger partial charge in [0.25, 0.3) is 0 Å². The summed E-state index contributed by atoms with van der Waals surface area (Å²) in [6, 6.07) is 13.3. The Bertz CT molecular complexity index is 458. The number of rotatable bonds is 4. The van der Waals surface area contributed by atoms with Crippen molar-refractivity contribution in [2.24, 2.45) is 0 Å². The molecule has 0 N–H and O–H groups in total. The van der Waals surface area contributed by atoms with E-state index in [9.17, 15) is 9.59 Å². The first-order valence-corrected chi connectivity index (χ1v) is 5.74. The molecule has 1 aromatic carbocycles. The average Bonchev–Trinajstić information content (AvgIpc) is 2.91. The van der Waals surface area contributed by atoms with Crippen molar-refractivity contribution in [1.82, 2.24) is 0 Å². The summed E-state index contributed by atoms with van der Waals surface area (Å²) in [5.41, 5.74) is 1.24. The van der Waals surface area contributed by atoms with E-state index >= 15 is 0 Å². The van der Waals surface area contributed by atoms with Crippen molar-refractivity contribution in [2.75, 3.05) is 0 Å². The molecule has 0 saturated carbocycles. The van der Waals surface area contributed by atoms with E-state index in [-0.39, 0.29) is 5.78 Å². The fraction of sp³-hybridized carbons (Fsp3) is 0.200. The molecule has 0 spiro atoms. The summed E-state index contributed by atoms with van der Waals surface area (Å²) in [7, 11) is 0. The lowest BCUT2D eigenvalue weighted by atomic mass is 10.1. The van der Waals surface area contributed by atoms with Crippen LogP contribution in [0.15, 0.2) is 53.1 Å². The molecule has 3 heteroatoms. The number of aryl methyl sites for hydroxylation is 1. The highest BCUT2D eigenvalue weighted by atomic mass is 16.3. The molecule has 0 aliphatic rings. The minimum absolute atomic E-state index is 0.258. The molecule has 3 nitrogen and oxygen atoms in total. The molecule has 1 heterocycles. The monoisotopic (exact) mass is 244 g/mol. The molecule has 94 valence electrons. The average molecular weight is 244 g/mol. The number of carbonyl (C=O) groups is 2. The quantitative estimate of drug-likeness (QED) is 0.775. The standard InChI is InChI=1S/C10H12O.C5H4O2/c1-9(11)7-8-10-5-3-2-4-6-10;6-4-5-2-1-3-7-5/h2-6H,7-8H2,1H3;1-4H. The molecular weight excluding hydrogens is 228 g/mol. The van der Waals surface area contributed by atoms with E-state index in [1.54, 1.807) is 19.1 Å². The Balaban J connectivity index is 0.000000199. The number of aldehydes is 1. The minimum atomic E-state index is 0.258. The summed E-state index contributed by atoms with van der Waals surface area (Å²) >= 11 is 0. The molecule has 2 rings (SSSR count). The third kappa shape index (κ3) is 5.80. The van der Waals surface area contributed by atoms with E-state index in [0.29, 0.717) is 18.5 Å². The molecule has 2 aromatic rings. The molecule has 0 aliphatic heterocycles. The topological polar surface area (TPSA) is 47.3 Å². The Hall–Kier alpha value is -2.16. The zero-order chi connectivity index (χ0) is 13.2. The van der Waals surface area contributed by atoms with Gasteiger partial charge in [0.2, 0.25) is 0 Å². The second-order valence-corrected chi connectivity index (χ2v) is 3.82. The Morgan fingerprint density at radius 3 is 2.33 bits per heavy atom. The molecular formula is C15H16O3. The van der Waals surface area contributed by atoms with Gasteiger partial charge in [-0.25, -0.2) is 0 Å². The van der Waals surface area contributed by atoms with Gasteiger partial charge >= 0.3 is 0 Å². The van der Waals surface area contributed by atoms with Gasteiger partial charge in [-0.1, -0.05) is 30.3 Å². The number of carbonyl (C=O) groups excluding carboxylic acids is 2. The van der Waals surface area contributed by atoms with Crippen LogP contribution in [0.1, 0.15) is 29.5 Å². The van der Waals surface area contributed by atoms with Crippen LogP contribution in [0.3, 0.4) is 0 Å². The Morgan fingerprint density at radius 2 is 1.89 bits per heavy atom. The first kappa shape index (κ1) is 13.9. The predicted molar refractivity (Wildman–Crippen MR) is 69.5 cm³/mol. The molecule has 0 amide bonds. The second kappa shape index (κ2) is 8.01. The van der Waals surface area contributed by atoms with Crippen LogP contribution in [0.2, 0.25) is 0 Å². The van der Waals surface area contributed by atoms with Gasteiger partial charge in [0.15, 0.2) is 12.0 Å². The van der Waals surface area contributed by atoms with Gasteiger partial charge < -0.3 is 9.21 Å². The van der Waals surface area contributed by atoms with E-state index in [0.717, 1.165) is 6.42 Å². The van der Waals surface area contributed by atoms with Gasteiger partial charge in [0.1, 0.15) is 5.78 Å². The lowest BCUT2D eigenvalue weighted by molar-refractivity contribution is -0.116. The molecule has 0 saturated heterocycles. The van der Waals surface area contributed by atoms with E-state index in [4.69, 9.17) is 0 Å². The third-order valence-electron chi connectivity index (χ3n) is 2.27. The zero-order valence-corrected chi connectivity index (χ0v) is 10.3. The second-order valence-electron chi connectivity index (χ2n) is 3.82. The Labute approximate surface area is 106 Å². The molecule has 0 radical (unpaired) electrons. The van der Waals surface area contributed by atoms with Crippen molar-refractivity contribution < 1.29 is 14.0 Å².